The number of likely N-dealkylation sites (tertiary alicyclic amines) is 1. The van der Waals surface area contributed by atoms with Crippen LogP contribution in [0.15, 0.2) is 78.9 Å². The van der Waals surface area contributed by atoms with Crippen LogP contribution in [0.5, 0.6) is 0 Å². The van der Waals surface area contributed by atoms with Gasteiger partial charge < -0.3 is 35.0 Å². The fraction of sp³-hybridized carbons (Fsp3) is 0.333. The fourth-order valence-corrected chi connectivity index (χ4v) is 7.28. The third-order valence-electron chi connectivity index (χ3n) is 9.95. The summed E-state index contributed by atoms with van der Waals surface area (Å²) in [5, 5.41) is 46.1. The molecule has 1 aliphatic rings. The van der Waals surface area contributed by atoms with Crippen molar-refractivity contribution in [2.45, 2.75) is 49.5 Å². The third kappa shape index (κ3) is 11.8. The number of halogens is 2. The van der Waals surface area contributed by atoms with Crippen LogP contribution >= 0.6 is 23.2 Å². The number of ether oxygens (including phenoxy) is 1. The molecule has 4 aromatic carbocycles. The number of amides is 1. The molecule has 0 unspecified atom stereocenters. The van der Waals surface area contributed by atoms with Crippen LogP contribution in [0.4, 0.5) is 0 Å². The maximum absolute atomic E-state index is 13.8. The fourth-order valence-electron chi connectivity index (χ4n) is 6.97. The van der Waals surface area contributed by atoms with E-state index < -0.39 is 36.4 Å². The molecule has 0 saturated carbocycles. The molecule has 0 radical (unpaired) electrons. The van der Waals surface area contributed by atoms with E-state index in [1.54, 1.807) is 11.0 Å². The maximum Gasteiger partial charge on any atom is 0.338 e. The highest BCUT2D eigenvalue weighted by Gasteiger charge is 2.40. The van der Waals surface area contributed by atoms with Gasteiger partial charge in [0.2, 0.25) is 0 Å². The van der Waals surface area contributed by atoms with Crippen LogP contribution < -0.4 is 0 Å². The van der Waals surface area contributed by atoms with Crippen LogP contribution in [0.1, 0.15) is 81.3 Å². The summed E-state index contributed by atoms with van der Waals surface area (Å²) in [7, 11) is 3.23. The van der Waals surface area contributed by atoms with Gasteiger partial charge in [0.15, 0.2) is 5.60 Å². The number of nitriles is 1. The summed E-state index contributed by atoms with van der Waals surface area (Å²) in [4.78, 5) is 60.8. The van der Waals surface area contributed by atoms with E-state index in [2.05, 4.69) is 11.0 Å². The van der Waals surface area contributed by atoms with Crippen LogP contribution in [0, 0.1) is 11.3 Å². The zero-order chi connectivity index (χ0) is 41.9. The summed E-state index contributed by atoms with van der Waals surface area (Å²) in [6.45, 7) is 3.15. The number of aliphatic hydroxyl groups is 1. The number of rotatable bonds is 14. The van der Waals surface area contributed by atoms with E-state index in [-0.39, 0.29) is 17.8 Å². The Bertz CT molecular complexity index is 2150. The SMILES string of the molecule is COC(=O)c1ccccc1C1CCN(CC[C@H](CN(C)C(=O)c2cc(C#N)cc3ccccc23)c2ccc(Cl)c(Cl)c2)CC1.O=C(O)CC(O)(CC(=O)O)C(=O)O. The van der Waals surface area contributed by atoms with Crippen molar-refractivity contribution >= 4 is 63.8 Å². The van der Waals surface area contributed by atoms with Gasteiger partial charge in [0.25, 0.3) is 5.91 Å². The first-order chi connectivity index (χ1) is 27.1. The number of fused-ring (bicyclic) bond motifs is 1. The lowest BCUT2D eigenvalue weighted by molar-refractivity contribution is -0.170. The molecule has 1 fully saturated rings. The molecule has 0 aliphatic carbocycles. The molecule has 15 heteroatoms. The van der Waals surface area contributed by atoms with Gasteiger partial charge in [-0.15, -0.1) is 0 Å². The minimum absolute atomic E-state index is 0.0157. The summed E-state index contributed by atoms with van der Waals surface area (Å²) in [6.07, 6.45) is 0.430. The molecule has 0 spiro atoms. The zero-order valence-electron chi connectivity index (χ0n) is 31.4. The monoisotopic (exact) mass is 819 g/mol. The molecule has 4 N–H and O–H groups in total. The minimum atomic E-state index is -2.74. The number of benzene rings is 4. The van der Waals surface area contributed by atoms with Gasteiger partial charge in [-0.1, -0.05) is 71.7 Å². The van der Waals surface area contributed by atoms with E-state index in [0.29, 0.717) is 39.2 Å². The summed E-state index contributed by atoms with van der Waals surface area (Å²) in [5.41, 5.74) is 0.965. The number of carbonyl (C=O) groups excluding carboxylic acids is 2. The van der Waals surface area contributed by atoms with Crippen molar-refractivity contribution in [3.8, 4) is 6.07 Å². The minimum Gasteiger partial charge on any atom is -0.481 e. The predicted octanol–water partition coefficient (Wildman–Crippen LogP) is 6.68. The Morgan fingerprint density at radius 1 is 0.895 bits per heavy atom. The second-order valence-corrected chi connectivity index (χ2v) is 14.7. The molecule has 1 amide bonds. The normalized spacial score (nSPS) is 13.8. The molecule has 300 valence electrons. The number of carboxylic acids is 3. The van der Waals surface area contributed by atoms with E-state index in [1.165, 1.54) is 7.11 Å². The van der Waals surface area contributed by atoms with Gasteiger partial charge in [0.1, 0.15) is 0 Å². The number of esters is 1. The first-order valence-electron chi connectivity index (χ1n) is 18.0. The number of hydrogen-bond donors (Lipinski definition) is 4. The first-order valence-corrected chi connectivity index (χ1v) is 18.7. The number of aliphatic carboxylic acids is 3. The second-order valence-electron chi connectivity index (χ2n) is 13.9. The van der Waals surface area contributed by atoms with Crippen molar-refractivity contribution in [3.63, 3.8) is 0 Å². The number of carboxylic acid groups (broad SMARTS) is 3. The Labute approximate surface area is 339 Å². The van der Waals surface area contributed by atoms with Gasteiger partial charge in [-0.3, -0.25) is 14.4 Å². The molecular weight excluding hydrogens is 777 g/mol. The molecule has 0 aromatic heterocycles. The smallest absolute Gasteiger partial charge is 0.338 e. The lowest BCUT2D eigenvalue weighted by atomic mass is 9.86. The molecule has 5 rings (SSSR count). The maximum atomic E-state index is 13.8. The third-order valence-corrected chi connectivity index (χ3v) is 10.7. The lowest BCUT2D eigenvalue weighted by Crippen LogP contribution is -2.42. The van der Waals surface area contributed by atoms with Crippen LogP contribution in [0.3, 0.4) is 0 Å². The molecule has 13 nitrogen and oxygen atoms in total. The van der Waals surface area contributed by atoms with Gasteiger partial charge in [0.05, 0.1) is 47.2 Å². The highest BCUT2D eigenvalue weighted by molar-refractivity contribution is 6.42. The average Bonchev–Trinajstić information content (AvgIpc) is 3.19. The molecule has 1 aliphatic heterocycles. The lowest BCUT2D eigenvalue weighted by Gasteiger charge is -2.34. The Hall–Kier alpha value is -5.52. The Morgan fingerprint density at radius 3 is 2.12 bits per heavy atom. The van der Waals surface area contributed by atoms with Gasteiger partial charge in [-0.25, -0.2) is 9.59 Å². The van der Waals surface area contributed by atoms with Crippen molar-refractivity contribution < 1.29 is 49.1 Å². The van der Waals surface area contributed by atoms with Gasteiger partial charge in [-0.2, -0.15) is 5.26 Å². The van der Waals surface area contributed by atoms with Crippen molar-refractivity contribution in [2.75, 3.05) is 40.3 Å². The number of likely N-dealkylation sites (N-methyl/N-ethyl adjacent to an activating group) is 1. The predicted molar refractivity (Wildman–Crippen MR) is 213 cm³/mol. The molecule has 4 aromatic rings. The first kappa shape index (κ1) is 44.2. The topological polar surface area (TPSA) is 206 Å². The number of piperidine rings is 1. The molecule has 0 bridgehead atoms. The van der Waals surface area contributed by atoms with E-state index in [0.717, 1.165) is 60.8 Å². The Morgan fingerprint density at radius 2 is 1.53 bits per heavy atom. The van der Waals surface area contributed by atoms with E-state index in [4.69, 9.17) is 48.4 Å². The van der Waals surface area contributed by atoms with Crippen LogP contribution in [0.2, 0.25) is 10.0 Å². The molecule has 1 heterocycles. The average molecular weight is 821 g/mol. The highest BCUT2D eigenvalue weighted by atomic mass is 35.5. The summed E-state index contributed by atoms with van der Waals surface area (Å²) in [5.74, 6) is -5.13. The quantitative estimate of drug-likeness (QED) is 0.0984. The summed E-state index contributed by atoms with van der Waals surface area (Å²) in [6, 6.07) is 26.7. The molecular formula is C42H43Cl2N3O10. The Balaban J connectivity index is 0.000000476. The van der Waals surface area contributed by atoms with Crippen LogP contribution in [-0.2, 0) is 19.1 Å². The van der Waals surface area contributed by atoms with Crippen LogP contribution in [0.25, 0.3) is 10.8 Å². The van der Waals surface area contributed by atoms with Crippen molar-refractivity contribution in [1.29, 1.82) is 5.26 Å². The van der Waals surface area contributed by atoms with Crippen LogP contribution in [-0.4, -0.2) is 106 Å². The number of methoxy groups -OCH3 is 1. The number of nitrogens with zero attached hydrogens (tertiary/aromatic N) is 3. The van der Waals surface area contributed by atoms with Crippen molar-refractivity contribution in [2.24, 2.45) is 0 Å². The molecule has 1 atom stereocenters. The largest absolute Gasteiger partial charge is 0.481 e. The zero-order valence-corrected chi connectivity index (χ0v) is 32.9. The highest BCUT2D eigenvalue weighted by Crippen LogP contribution is 2.33. The van der Waals surface area contributed by atoms with Gasteiger partial charge in [-0.05, 0) is 97.0 Å². The molecule has 1 saturated heterocycles. The van der Waals surface area contributed by atoms with Gasteiger partial charge >= 0.3 is 23.9 Å². The summed E-state index contributed by atoms with van der Waals surface area (Å²) >= 11 is 12.7. The summed E-state index contributed by atoms with van der Waals surface area (Å²) < 4.78 is 5.01. The van der Waals surface area contributed by atoms with E-state index in [9.17, 15) is 29.2 Å². The van der Waals surface area contributed by atoms with Gasteiger partial charge in [0, 0.05) is 25.1 Å². The van der Waals surface area contributed by atoms with E-state index in [1.807, 2.05) is 79.8 Å². The number of hydrogen-bond acceptors (Lipinski definition) is 9. The molecule has 57 heavy (non-hydrogen) atoms. The number of carbonyl (C=O) groups is 5. The second kappa shape index (κ2) is 20.1. The van der Waals surface area contributed by atoms with Crippen molar-refractivity contribution in [3.05, 3.63) is 117 Å². The Kier molecular flexibility index (Phi) is 15.6. The standard InChI is InChI=1S/C36H35Cl2N3O3.C6H8O7/c1-40(35(42)32-20-24(22-39)19-27-7-3-4-9-30(27)32)23-28(26-11-12-33(37)34(38)21-26)15-18-41-16-13-25(14-17-41)29-8-5-6-10-31(29)36(43)44-2;7-3(8)1-6(13,5(11)12)2-4(9)10/h3-12,19-21,25,28H,13-18,23H2,1-2H3;13H,1-2H2,(H,7,8)(H,9,10)(H,11,12)/t28-;/m1./s1. The van der Waals surface area contributed by atoms with Crippen molar-refractivity contribution in [1.82, 2.24) is 9.80 Å². The van der Waals surface area contributed by atoms with E-state index >= 15 is 0 Å².